The van der Waals surface area contributed by atoms with E-state index in [2.05, 4.69) is 29.6 Å². The highest BCUT2D eigenvalue weighted by Gasteiger charge is 2.38. The first kappa shape index (κ1) is 22.4. The van der Waals surface area contributed by atoms with E-state index in [1.807, 2.05) is 24.3 Å². The summed E-state index contributed by atoms with van der Waals surface area (Å²) in [6.07, 6.45) is 3.15. The highest BCUT2D eigenvalue weighted by atomic mass is 16.5. The van der Waals surface area contributed by atoms with Gasteiger partial charge in [0, 0.05) is 19.0 Å². The van der Waals surface area contributed by atoms with E-state index in [-0.39, 0.29) is 24.3 Å². The second-order valence-electron chi connectivity index (χ2n) is 9.58. The number of benzene rings is 2. The summed E-state index contributed by atoms with van der Waals surface area (Å²) in [7, 11) is 0. The summed E-state index contributed by atoms with van der Waals surface area (Å²) >= 11 is 0. The molecule has 2 aliphatic carbocycles. The number of carboxylic acids is 1. The number of carbonyl (C=O) groups is 3. The fourth-order valence-electron chi connectivity index (χ4n) is 5.46. The molecule has 0 bridgehead atoms. The molecule has 1 heterocycles. The molecule has 2 aromatic rings. The predicted octanol–water partition coefficient (Wildman–Crippen LogP) is 4.02. The maximum absolute atomic E-state index is 13.2. The Morgan fingerprint density at radius 2 is 1.53 bits per heavy atom. The molecule has 5 rings (SSSR count). The van der Waals surface area contributed by atoms with E-state index in [0.29, 0.717) is 25.9 Å². The third-order valence-electron chi connectivity index (χ3n) is 7.66. The lowest BCUT2D eigenvalue weighted by Gasteiger charge is -2.38. The summed E-state index contributed by atoms with van der Waals surface area (Å²) in [6.45, 7) is 1.02. The molecule has 2 N–H and O–H groups in total. The van der Waals surface area contributed by atoms with E-state index in [0.717, 1.165) is 30.4 Å². The van der Waals surface area contributed by atoms with Gasteiger partial charge in [-0.25, -0.2) is 4.79 Å². The average Bonchev–Trinajstić information content (AvgIpc) is 3.14. The number of alkyl carbamates (subject to hydrolysis) is 1. The van der Waals surface area contributed by atoms with Gasteiger partial charge < -0.3 is 20.1 Å². The van der Waals surface area contributed by atoms with E-state index < -0.39 is 24.0 Å². The standard InChI is InChI=1S/C27H30N2O5/c30-25(29-14-12-18(13-15-29)26(31)32)24(17-6-5-7-17)28-27(33)34-16-23-21-10-3-1-8-19(21)20-9-2-4-11-22(20)23/h1-4,8-11,17-18,23-24H,5-7,12-16H2,(H,28,33)(H,31,32). The number of fused-ring (bicyclic) bond motifs is 3. The van der Waals surface area contributed by atoms with E-state index >= 15 is 0 Å². The van der Waals surface area contributed by atoms with E-state index in [9.17, 15) is 19.5 Å². The van der Waals surface area contributed by atoms with Gasteiger partial charge in [-0.15, -0.1) is 0 Å². The molecule has 1 saturated heterocycles. The number of nitrogens with one attached hydrogen (secondary N) is 1. The average molecular weight is 463 g/mol. The topological polar surface area (TPSA) is 95.9 Å². The monoisotopic (exact) mass is 462 g/mol. The van der Waals surface area contributed by atoms with Crippen molar-refractivity contribution in [1.82, 2.24) is 10.2 Å². The number of hydrogen-bond donors (Lipinski definition) is 2. The SMILES string of the molecule is O=C(NC(C(=O)N1CCC(C(=O)O)CC1)C1CCC1)OCC1c2ccccc2-c2ccccc21. The number of likely N-dealkylation sites (tertiary alicyclic amines) is 1. The van der Waals surface area contributed by atoms with Crippen LogP contribution in [-0.2, 0) is 14.3 Å². The summed E-state index contributed by atoms with van der Waals surface area (Å²) in [5.41, 5.74) is 4.62. The van der Waals surface area contributed by atoms with E-state index in [4.69, 9.17) is 4.74 Å². The van der Waals surface area contributed by atoms with Gasteiger partial charge in [0.25, 0.3) is 0 Å². The number of hydrogen-bond acceptors (Lipinski definition) is 4. The third-order valence-corrected chi connectivity index (χ3v) is 7.66. The Hall–Kier alpha value is -3.35. The van der Waals surface area contributed by atoms with Gasteiger partial charge in [0.1, 0.15) is 12.6 Å². The number of nitrogens with zero attached hydrogens (tertiary/aromatic N) is 1. The predicted molar refractivity (Wildman–Crippen MR) is 126 cm³/mol. The lowest BCUT2D eigenvalue weighted by molar-refractivity contribution is -0.146. The zero-order valence-electron chi connectivity index (χ0n) is 19.1. The lowest BCUT2D eigenvalue weighted by Crippen LogP contribution is -2.55. The van der Waals surface area contributed by atoms with Gasteiger partial charge in [-0.3, -0.25) is 9.59 Å². The van der Waals surface area contributed by atoms with Crippen molar-refractivity contribution in [3.8, 4) is 11.1 Å². The second kappa shape index (κ2) is 9.49. The van der Waals surface area contributed by atoms with Crippen molar-refractivity contribution in [3.63, 3.8) is 0 Å². The number of aliphatic carboxylic acids is 1. The highest BCUT2D eigenvalue weighted by molar-refractivity contribution is 5.86. The molecular formula is C27H30N2O5. The molecule has 7 nitrogen and oxygen atoms in total. The number of amides is 2. The molecule has 2 amide bonds. The largest absolute Gasteiger partial charge is 0.481 e. The first-order chi connectivity index (χ1) is 16.5. The van der Waals surface area contributed by atoms with Gasteiger partial charge in [0.2, 0.25) is 5.91 Å². The summed E-state index contributed by atoms with van der Waals surface area (Å²) in [6, 6.07) is 15.7. The van der Waals surface area contributed by atoms with Crippen LogP contribution in [0.3, 0.4) is 0 Å². The Morgan fingerprint density at radius 1 is 0.941 bits per heavy atom. The molecule has 7 heteroatoms. The maximum Gasteiger partial charge on any atom is 0.407 e. The Morgan fingerprint density at radius 3 is 2.06 bits per heavy atom. The molecule has 2 fully saturated rings. The van der Waals surface area contributed by atoms with Gasteiger partial charge >= 0.3 is 12.1 Å². The summed E-state index contributed by atoms with van der Waals surface area (Å²) < 4.78 is 5.68. The second-order valence-corrected chi connectivity index (χ2v) is 9.58. The fourth-order valence-corrected chi connectivity index (χ4v) is 5.46. The number of carboxylic acid groups (broad SMARTS) is 1. The first-order valence-electron chi connectivity index (χ1n) is 12.2. The number of ether oxygens (including phenoxy) is 1. The van der Waals surface area contributed by atoms with E-state index in [1.165, 1.54) is 11.1 Å². The molecule has 0 radical (unpaired) electrons. The Labute approximate surface area is 199 Å². The summed E-state index contributed by atoms with van der Waals surface area (Å²) in [5, 5.41) is 12.1. The normalized spacial score (nSPS) is 19.0. The van der Waals surface area contributed by atoms with E-state index in [1.54, 1.807) is 4.90 Å². The van der Waals surface area contributed by atoms with Crippen LogP contribution in [0, 0.1) is 11.8 Å². The molecular weight excluding hydrogens is 432 g/mol. The Kier molecular flexibility index (Phi) is 6.26. The molecule has 1 atom stereocenters. The minimum Gasteiger partial charge on any atom is -0.481 e. The summed E-state index contributed by atoms with van der Waals surface area (Å²) in [4.78, 5) is 39.0. The van der Waals surface area contributed by atoms with Crippen molar-refractivity contribution in [1.29, 1.82) is 0 Å². The van der Waals surface area contributed by atoms with Crippen LogP contribution in [0.2, 0.25) is 0 Å². The van der Waals surface area contributed by atoms with Crippen LogP contribution in [0.4, 0.5) is 4.79 Å². The number of rotatable bonds is 6. The van der Waals surface area contributed by atoms with Crippen LogP contribution in [0.15, 0.2) is 48.5 Å². The smallest absolute Gasteiger partial charge is 0.407 e. The van der Waals surface area contributed by atoms with Crippen LogP contribution < -0.4 is 5.32 Å². The van der Waals surface area contributed by atoms with Crippen LogP contribution >= 0.6 is 0 Å². The third kappa shape index (κ3) is 4.27. The van der Waals surface area contributed by atoms with Crippen molar-refractivity contribution in [2.45, 2.75) is 44.1 Å². The van der Waals surface area contributed by atoms with Gasteiger partial charge in [0.05, 0.1) is 5.92 Å². The molecule has 1 saturated carbocycles. The number of carbonyl (C=O) groups excluding carboxylic acids is 2. The Bertz CT molecular complexity index is 1040. The molecule has 34 heavy (non-hydrogen) atoms. The zero-order valence-corrected chi connectivity index (χ0v) is 19.1. The van der Waals surface area contributed by atoms with Gasteiger partial charge in [-0.1, -0.05) is 55.0 Å². The highest BCUT2D eigenvalue weighted by Crippen LogP contribution is 2.44. The quantitative estimate of drug-likeness (QED) is 0.676. The van der Waals surface area contributed by atoms with Crippen molar-refractivity contribution < 1.29 is 24.2 Å². The molecule has 0 aromatic heterocycles. The number of piperidine rings is 1. The van der Waals surface area contributed by atoms with Crippen molar-refractivity contribution in [2.75, 3.05) is 19.7 Å². The molecule has 178 valence electrons. The minimum absolute atomic E-state index is 0.0361. The fraction of sp³-hybridized carbons (Fsp3) is 0.444. The van der Waals surface area contributed by atoms with Crippen molar-refractivity contribution in [3.05, 3.63) is 59.7 Å². The van der Waals surface area contributed by atoms with Gasteiger partial charge in [-0.05, 0) is 53.9 Å². The Balaban J connectivity index is 1.23. The molecule has 1 unspecified atom stereocenters. The first-order valence-corrected chi connectivity index (χ1v) is 12.2. The van der Waals surface area contributed by atoms with Gasteiger partial charge in [-0.2, -0.15) is 0 Å². The van der Waals surface area contributed by atoms with Crippen LogP contribution in [-0.4, -0.2) is 53.7 Å². The summed E-state index contributed by atoms with van der Waals surface area (Å²) in [5.74, 6) is -1.26. The zero-order chi connectivity index (χ0) is 23.7. The molecule has 2 aromatic carbocycles. The minimum atomic E-state index is -0.806. The van der Waals surface area contributed by atoms with Gasteiger partial charge in [0.15, 0.2) is 0 Å². The lowest BCUT2D eigenvalue weighted by atomic mass is 9.79. The van der Waals surface area contributed by atoms with Crippen LogP contribution in [0.1, 0.15) is 49.1 Å². The molecule has 3 aliphatic rings. The van der Waals surface area contributed by atoms with Crippen molar-refractivity contribution in [2.24, 2.45) is 11.8 Å². The molecule has 1 aliphatic heterocycles. The van der Waals surface area contributed by atoms with Crippen LogP contribution in [0.5, 0.6) is 0 Å². The van der Waals surface area contributed by atoms with Crippen LogP contribution in [0.25, 0.3) is 11.1 Å². The maximum atomic E-state index is 13.2. The van der Waals surface area contributed by atoms with Crippen molar-refractivity contribution >= 4 is 18.0 Å². The molecule has 0 spiro atoms.